The minimum absolute atomic E-state index is 0.502. The average molecular weight is 339 g/mol. The predicted molar refractivity (Wildman–Crippen MR) is 94.7 cm³/mol. The molecule has 6 heteroatoms. The van der Waals surface area contributed by atoms with Gasteiger partial charge in [0.2, 0.25) is 5.88 Å². The van der Waals surface area contributed by atoms with Gasteiger partial charge in [-0.1, -0.05) is 41.9 Å². The van der Waals surface area contributed by atoms with Crippen LogP contribution in [0.4, 0.5) is 11.5 Å². The summed E-state index contributed by atoms with van der Waals surface area (Å²) in [4.78, 5) is 8.59. The maximum Gasteiger partial charge on any atom is 0.248 e. The molecule has 120 valence electrons. The summed E-state index contributed by atoms with van der Waals surface area (Å²) in [5.41, 5.74) is 2.91. The van der Waals surface area contributed by atoms with Gasteiger partial charge in [-0.3, -0.25) is 0 Å². The molecule has 0 bridgehead atoms. The Morgan fingerprint density at radius 1 is 1.12 bits per heavy atom. The van der Waals surface area contributed by atoms with E-state index in [4.69, 9.17) is 16.3 Å². The molecule has 1 aliphatic rings. The molecule has 3 aromatic rings. The van der Waals surface area contributed by atoms with Crippen molar-refractivity contribution in [3.05, 3.63) is 71.0 Å². The monoisotopic (exact) mass is 338 g/mol. The fraction of sp³-hybridized carbons (Fsp3) is 0.111. The van der Waals surface area contributed by atoms with E-state index in [1.165, 1.54) is 11.9 Å². The summed E-state index contributed by atoms with van der Waals surface area (Å²) in [5.74, 6) is 1.96. The number of hydrogen-bond donors (Lipinski definition) is 2. The fourth-order valence-electron chi connectivity index (χ4n) is 2.60. The zero-order valence-electron chi connectivity index (χ0n) is 12.8. The summed E-state index contributed by atoms with van der Waals surface area (Å²) >= 11 is 6.07. The van der Waals surface area contributed by atoms with Crippen LogP contribution in [-0.2, 0) is 13.1 Å². The number of hydrogen-bond acceptors (Lipinski definition) is 5. The smallest absolute Gasteiger partial charge is 0.248 e. The van der Waals surface area contributed by atoms with Crippen LogP contribution in [0.2, 0.25) is 5.02 Å². The molecule has 2 aromatic carbocycles. The van der Waals surface area contributed by atoms with Crippen LogP contribution in [0, 0.1) is 0 Å². The molecule has 4 rings (SSSR count). The molecule has 0 aliphatic carbocycles. The minimum atomic E-state index is 0.502. The van der Waals surface area contributed by atoms with Crippen LogP contribution >= 0.6 is 11.6 Å². The zero-order chi connectivity index (χ0) is 16.4. The van der Waals surface area contributed by atoms with Crippen LogP contribution in [0.3, 0.4) is 0 Å². The first kappa shape index (κ1) is 14.8. The third kappa shape index (κ3) is 2.98. The number of rotatable bonds is 3. The van der Waals surface area contributed by atoms with Crippen molar-refractivity contribution in [1.82, 2.24) is 9.97 Å². The number of fused-ring (bicyclic) bond motifs is 2. The molecule has 0 saturated heterocycles. The maximum absolute atomic E-state index is 6.07. The Morgan fingerprint density at radius 2 is 2.00 bits per heavy atom. The third-order valence-corrected chi connectivity index (χ3v) is 4.04. The van der Waals surface area contributed by atoms with E-state index >= 15 is 0 Å². The van der Waals surface area contributed by atoms with E-state index in [2.05, 4.69) is 32.7 Å². The molecular weight excluding hydrogens is 324 g/mol. The summed E-state index contributed by atoms with van der Waals surface area (Å²) < 4.78 is 5.94. The van der Waals surface area contributed by atoms with Crippen molar-refractivity contribution >= 4 is 23.1 Å². The maximum atomic E-state index is 6.07. The molecule has 1 aromatic heterocycles. The Hall–Kier alpha value is -2.79. The van der Waals surface area contributed by atoms with Gasteiger partial charge in [-0.2, -0.15) is 4.98 Å². The van der Waals surface area contributed by atoms with Crippen LogP contribution < -0.4 is 15.4 Å². The predicted octanol–water partition coefficient (Wildman–Crippen LogP) is 4.46. The summed E-state index contributed by atoms with van der Waals surface area (Å²) in [6.07, 6.45) is 1.49. The summed E-state index contributed by atoms with van der Waals surface area (Å²) in [6, 6.07) is 15.7. The van der Waals surface area contributed by atoms with E-state index < -0.39 is 0 Å². The summed E-state index contributed by atoms with van der Waals surface area (Å²) in [5, 5.41) is 7.36. The van der Waals surface area contributed by atoms with Crippen molar-refractivity contribution in [3.8, 4) is 11.6 Å². The zero-order valence-corrected chi connectivity index (χ0v) is 13.5. The standard InChI is InChI=1S/C18H15ClN4O/c19-14-6-7-15-13(8-14)10-20-16-17(22-11-23-18(16)24-15)21-9-12-4-2-1-3-5-12/h1-8,11,20H,9-10H2,(H,21,22,23). The molecule has 0 amide bonds. The van der Waals surface area contributed by atoms with E-state index in [0.29, 0.717) is 29.8 Å². The lowest BCUT2D eigenvalue weighted by Crippen LogP contribution is -2.07. The number of anilines is 2. The summed E-state index contributed by atoms with van der Waals surface area (Å²) in [7, 11) is 0. The van der Waals surface area contributed by atoms with Crippen molar-refractivity contribution < 1.29 is 4.74 Å². The number of halogens is 1. The highest BCUT2D eigenvalue weighted by atomic mass is 35.5. The molecule has 1 aliphatic heterocycles. The molecule has 0 spiro atoms. The van der Waals surface area contributed by atoms with Gasteiger partial charge >= 0.3 is 0 Å². The van der Waals surface area contributed by atoms with E-state index in [1.54, 1.807) is 6.07 Å². The number of aromatic nitrogens is 2. The Balaban J connectivity index is 1.60. The van der Waals surface area contributed by atoms with Gasteiger partial charge in [0.05, 0.1) is 0 Å². The SMILES string of the molecule is Clc1ccc2c(c1)CNc1c(NCc3ccccc3)ncnc1O2. The Kier molecular flexibility index (Phi) is 3.92. The Morgan fingerprint density at radius 3 is 2.88 bits per heavy atom. The second-order valence-electron chi connectivity index (χ2n) is 5.45. The topological polar surface area (TPSA) is 59.1 Å². The van der Waals surface area contributed by atoms with Crippen molar-refractivity contribution in [2.24, 2.45) is 0 Å². The van der Waals surface area contributed by atoms with Gasteiger partial charge in [0.15, 0.2) is 5.82 Å². The minimum Gasteiger partial charge on any atom is -0.437 e. The molecule has 24 heavy (non-hydrogen) atoms. The summed E-state index contributed by atoms with van der Waals surface area (Å²) in [6.45, 7) is 1.26. The van der Waals surface area contributed by atoms with Gasteiger partial charge in [0.25, 0.3) is 0 Å². The second kappa shape index (κ2) is 6.37. The molecule has 2 N–H and O–H groups in total. The van der Waals surface area contributed by atoms with Gasteiger partial charge in [-0.25, -0.2) is 4.98 Å². The van der Waals surface area contributed by atoms with Gasteiger partial charge in [0.1, 0.15) is 17.8 Å². The molecule has 5 nitrogen and oxygen atoms in total. The van der Waals surface area contributed by atoms with E-state index in [9.17, 15) is 0 Å². The quantitative estimate of drug-likeness (QED) is 0.738. The van der Waals surface area contributed by atoms with E-state index in [-0.39, 0.29) is 0 Å². The normalized spacial score (nSPS) is 12.2. The van der Waals surface area contributed by atoms with E-state index in [1.807, 2.05) is 30.3 Å². The molecule has 0 saturated carbocycles. The van der Waals surface area contributed by atoms with Gasteiger partial charge in [0, 0.05) is 23.7 Å². The molecule has 0 atom stereocenters. The van der Waals surface area contributed by atoms with Crippen molar-refractivity contribution in [3.63, 3.8) is 0 Å². The Labute approximate surface area is 144 Å². The average Bonchev–Trinajstić information content (AvgIpc) is 2.80. The fourth-order valence-corrected chi connectivity index (χ4v) is 2.79. The molecule has 0 radical (unpaired) electrons. The first-order chi connectivity index (χ1) is 11.8. The lowest BCUT2D eigenvalue weighted by molar-refractivity contribution is 0.464. The van der Waals surface area contributed by atoms with Crippen molar-refractivity contribution in [1.29, 1.82) is 0 Å². The molecule has 2 heterocycles. The van der Waals surface area contributed by atoms with E-state index in [0.717, 1.165) is 17.0 Å². The first-order valence-electron chi connectivity index (χ1n) is 7.62. The molecule has 0 unspecified atom stereocenters. The lowest BCUT2D eigenvalue weighted by Gasteiger charge is -2.12. The van der Waals surface area contributed by atoms with Crippen LogP contribution in [0.1, 0.15) is 11.1 Å². The van der Waals surface area contributed by atoms with Gasteiger partial charge < -0.3 is 15.4 Å². The molecule has 0 fully saturated rings. The first-order valence-corrected chi connectivity index (χ1v) is 8.00. The highest BCUT2D eigenvalue weighted by Gasteiger charge is 2.19. The number of nitrogens with one attached hydrogen (secondary N) is 2. The number of benzene rings is 2. The Bertz CT molecular complexity index is 870. The van der Waals surface area contributed by atoms with Crippen LogP contribution in [-0.4, -0.2) is 9.97 Å². The molecular formula is C18H15ClN4O. The lowest BCUT2D eigenvalue weighted by atomic mass is 10.2. The van der Waals surface area contributed by atoms with Gasteiger partial charge in [-0.05, 0) is 23.8 Å². The highest BCUT2D eigenvalue weighted by molar-refractivity contribution is 6.30. The van der Waals surface area contributed by atoms with Crippen LogP contribution in [0.25, 0.3) is 0 Å². The number of nitrogens with zero attached hydrogens (tertiary/aromatic N) is 2. The van der Waals surface area contributed by atoms with Crippen molar-refractivity contribution in [2.75, 3.05) is 10.6 Å². The van der Waals surface area contributed by atoms with Crippen molar-refractivity contribution in [2.45, 2.75) is 13.1 Å². The second-order valence-corrected chi connectivity index (χ2v) is 5.89. The third-order valence-electron chi connectivity index (χ3n) is 3.80. The number of ether oxygens (including phenoxy) is 1. The van der Waals surface area contributed by atoms with Gasteiger partial charge in [-0.15, -0.1) is 0 Å². The largest absolute Gasteiger partial charge is 0.437 e. The highest BCUT2D eigenvalue weighted by Crippen LogP contribution is 2.38. The van der Waals surface area contributed by atoms with Crippen LogP contribution in [0.5, 0.6) is 11.6 Å². The van der Waals surface area contributed by atoms with Crippen LogP contribution in [0.15, 0.2) is 54.9 Å².